The molecular formula is C10H9BrF2N4. The molecule has 1 aromatic heterocycles. The van der Waals surface area contributed by atoms with Gasteiger partial charge in [0.1, 0.15) is 11.6 Å². The van der Waals surface area contributed by atoms with Crippen LogP contribution in [0.25, 0.3) is 0 Å². The number of aromatic nitrogens is 3. The maximum Gasteiger partial charge on any atom is 0.168 e. The van der Waals surface area contributed by atoms with Crippen LogP contribution in [0, 0.1) is 18.6 Å². The summed E-state index contributed by atoms with van der Waals surface area (Å²) in [6.45, 7) is 1.64. The quantitative estimate of drug-likeness (QED) is 0.866. The van der Waals surface area contributed by atoms with Gasteiger partial charge in [-0.1, -0.05) is 5.21 Å². The van der Waals surface area contributed by atoms with E-state index >= 15 is 0 Å². The van der Waals surface area contributed by atoms with Gasteiger partial charge in [-0.15, -0.1) is 5.10 Å². The molecule has 0 amide bonds. The topological polar surface area (TPSA) is 56.7 Å². The molecule has 0 spiro atoms. The van der Waals surface area contributed by atoms with Crippen molar-refractivity contribution in [2.24, 2.45) is 0 Å². The zero-order chi connectivity index (χ0) is 12.6. The molecule has 90 valence electrons. The Morgan fingerprint density at radius 2 is 2.12 bits per heavy atom. The van der Waals surface area contributed by atoms with Gasteiger partial charge < -0.3 is 5.73 Å². The monoisotopic (exact) mass is 302 g/mol. The molecule has 0 atom stereocenters. The Balaban J connectivity index is 2.43. The first-order chi connectivity index (χ1) is 8.00. The molecule has 0 unspecified atom stereocenters. The van der Waals surface area contributed by atoms with Crippen molar-refractivity contribution in [2.75, 3.05) is 5.73 Å². The normalized spacial score (nSPS) is 10.8. The third kappa shape index (κ3) is 2.14. The molecule has 0 saturated carbocycles. The third-order valence-electron chi connectivity index (χ3n) is 2.47. The summed E-state index contributed by atoms with van der Waals surface area (Å²) < 4.78 is 28.8. The number of anilines is 1. The minimum Gasteiger partial charge on any atom is -0.381 e. The van der Waals surface area contributed by atoms with E-state index in [2.05, 4.69) is 26.2 Å². The third-order valence-corrected chi connectivity index (χ3v) is 3.08. The molecule has 1 aromatic carbocycles. The molecule has 0 aliphatic carbocycles. The zero-order valence-corrected chi connectivity index (χ0v) is 10.5. The van der Waals surface area contributed by atoms with E-state index in [0.29, 0.717) is 5.69 Å². The van der Waals surface area contributed by atoms with Crippen molar-refractivity contribution in [3.8, 4) is 0 Å². The standard InChI is InChI=1S/C10H9BrF2N4/c1-5-10(14)15-16-17(5)4-6-8(12)3-2-7(11)9(6)13/h2-3H,4,14H2,1H3. The van der Waals surface area contributed by atoms with Crippen LogP contribution in [0.2, 0.25) is 0 Å². The van der Waals surface area contributed by atoms with Gasteiger partial charge in [-0.2, -0.15) is 0 Å². The first-order valence-corrected chi connectivity index (χ1v) is 5.58. The van der Waals surface area contributed by atoms with Crippen LogP contribution in [0.1, 0.15) is 11.3 Å². The van der Waals surface area contributed by atoms with Gasteiger partial charge in [-0.25, -0.2) is 13.5 Å². The highest BCUT2D eigenvalue weighted by molar-refractivity contribution is 9.10. The highest BCUT2D eigenvalue weighted by Crippen LogP contribution is 2.22. The van der Waals surface area contributed by atoms with Gasteiger partial charge in [0.05, 0.1) is 16.7 Å². The largest absolute Gasteiger partial charge is 0.381 e. The fraction of sp³-hybridized carbons (Fsp3) is 0.200. The molecule has 4 nitrogen and oxygen atoms in total. The summed E-state index contributed by atoms with van der Waals surface area (Å²) in [5, 5.41) is 7.34. The van der Waals surface area contributed by atoms with Gasteiger partial charge in [0.25, 0.3) is 0 Å². The molecule has 0 saturated heterocycles. The Bertz CT molecular complexity index is 568. The highest BCUT2D eigenvalue weighted by atomic mass is 79.9. The van der Waals surface area contributed by atoms with Crippen molar-refractivity contribution >= 4 is 21.7 Å². The molecule has 0 radical (unpaired) electrons. The van der Waals surface area contributed by atoms with Crippen LogP contribution in [0.5, 0.6) is 0 Å². The zero-order valence-electron chi connectivity index (χ0n) is 8.91. The van der Waals surface area contributed by atoms with E-state index in [1.807, 2.05) is 0 Å². The second kappa shape index (κ2) is 4.40. The van der Waals surface area contributed by atoms with Crippen LogP contribution in [-0.2, 0) is 6.54 Å². The van der Waals surface area contributed by atoms with Crippen molar-refractivity contribution < 1.29 is 8.78 Å². The van der Waals surface area contributed by atoms with Gasteiger partial charge in [0, 0.05) is 5.56 Å². The SMILES string of the molecule is Cc1c(N)nnn1Cc1c(F)ccc(Br)c1F. The molecule has 2 rings (SSSR count). The number of hydrogen-bond donors (Lipinski definition) is 1. The Morgan fingerprint density at radius 1 is 1.41 bits per heavy atom. The number of rotatable bonds is 2. The van der Waals surface area contributed by atoms with E-state index in [4.69, 9.17) is 5.73 Å². The molecule has 0 fully saturated rings. The fourth-order valence-corrected chi connectivity index (χ4v) is 1.76. The summed E-state index contributed by atoms with van der Waals surface area (Å²) in [6.07, 6.45) is 0. The predicted molar refractivity (Wildman–Crippen MR) is 62.3 cm³/mol. The summed E-state index contributed by atoms with van der Waals surface area (Å²) in [5.74, 6) is -1.02. The minimum absolute atomic E-state index is 0.0485. The first-order valence-electron chi connectivity index (χ1n) is 4.78. The number of nitrogens with two attached hydrogens (primary N) is 1. The van der Waals surface area contributed by atoms with Gasteiger partial charge in [-0.05, 0) is 35.0 Å². The van der Waals surface area contributed by atoms with Crippen LogP contribution in [0.15, 0.2) is 16.6 Å². The average molecular weight is 303 g/mol. The number of benzene rings is 1. The molecule has 7 heteroatoms. The van der Waals surface area contributed by atoms with Crippen LogP contribution < -0.4 is 5.73 Å². The predicted octanol–water partition coefficient (Wildman–Crippen LogP) is 2.26. The minimum atomic E-state index is -0.640. The molecule has 0 bridgehead atoms. The highest BCUT2D eigenvalue weighted by Gasteiger charge is 2.15. The molecule has 2 N–H and O–H groups in total. The number of nitrogens with zero attached hydrogens (tertiary/aromatic N) is 3. The molecule has 2 aromatic rings. The second-order valence-electron chi connectivity index (χ2n) is 3.54. The van der Waals surface area contributed by atoms with E-state index in [0.717, 1.165) is 0 Å². The fourth-order valence-electron chi connectivity index (χ4n) is 1.39. The van der Waals surface area contributed by atoms with Gasteiger partial charge in [-0.3, -0.25) is 0 Å². The molecule has 1 heterocycles. The van der Waals surface area contributed by atoms with Crippen molar-refractivity contribution in [2.45, 2.75) is 13.5 Å². The molecule has 0 aliphatic heterocycles. The van der Waals surface area contributed by atoms with E-state index < -0.39 is 11.6 Å². The Morgan fingerprint density at radius 3 is 2.71 bits per heavy atom. The summed E-state index contributed by atoms with van der Waals surface area (Å²) in [5.41, 5.74) is 6.01. The maximum absolute atomic E-state index is 13.7. The van der Waals surface area contributed by atoms with Gasteiger partial charge >= 0.3 is 0 Å². The average Bonchev–Trinajstić information content (AvgIpc) is 2.61. The molecule has 17 heavy (non-hydrogen) atoms. The summed E-state index contributed by atoms with van der Waals surface area (Å²) in [4.78, 5) is 0. The maximum atomic E-state index is 13.7. The van der Waals surface area contributed by atoms with Crippen LogP contribution in [0.3, 0.4) is 0 Å². The Labute approximate surface area is 105 Å². The lowest BCUT2D eigenvalue weighted by Crippen LogP contribution is -2.08. The van der Waals surface area contributed by atoms with Gasteiger partial charge in [0.15, 0.2) is 5.82 Å². The smallest absolute Gasteiger partial charge is 0.168 e. The lowest BCUT2D eigenvalue weighted by atomic mass is 10.2. The van der Waals surface area contributed by atoms with Crippen molar-refractivity contribution in [3.63, 3.8) is 0 Å². The van der Waals surface area contributed by atoms with E-state index in [9.17, 15) is 8.78 Å². The Hall–Kier alpha value is -1.50. The number of nitrogen functional groups attached to an aromatic ring is 1. The summed E-state index contributed by atoms with van der Waals surface area (Å²) in [7, 11) is 0. The lowest BCUT2D eigenvalue weighted by Gasteiger charge is -2.07. The molecule has 0 aliphatic rings. The lowest BCUT2D eigenvalue weighted by molar-refractivity contribution is 0.521. The number of halogens is 3. The molecular weight excluding hydrogens is 294 g/mol. The second-order valence-corrected chi connectivity index (χ2v) is 4.39. The van der Waals surface area contributed by atoms with Crippen LogP contribution in [-0.4, -0.2) is 15.0 Å². The van der Waals surface area contributed by atoms with Crippen molar-refractivity contribution in [1.29, 1.82) is 0 Å². The van der Waals surface area contributed by atoms with E-state index in [1.165, 1.54) is 16.8 Å². The van der Waals surface area contributed by atoms with Crippen molar-refractivity contribution in [3.05, 3.63) is 39.5 Å². The van der Waals surface area contributed by atoms with Crippen molar-refractivity contribution in [1.82, 2.24) is 15.0 Å². The number of hydrogen-bond acceptors (Lipinski definition) is 3. The van der Waals surface area contributed by atoms with Gasteiger partial charge in [0.2, 0.25) is 0 Å². The van der Waals surface area contributed by atoms with Crippen LogP contribution >= 0.6 is 15.9 Å². The summed E-state index contributed by atoms with van der Waals surface area (Å²) in [6, 6.07) is 2.51. The van der Waals surface area contributed by atoms with Crippen LogP contribution in [0.4, 0.5) is 14.6 Å². The summed E-state index contributed by atoms with van der Waals surface area (Å²) >= 11 is 3.01. The Kier molecular flexibility index (Phi) is 3.10. The van der Waals surface area contributed by atoms with E-state index in [-0.39, 0.29) is 22.4 Å². The van der Waals surface area contributed by atoms with E-state index in [1.54, 1.807) is 6.92 Å². The first kappa shape index (κ1) is 12.0.